The van der Waals surface area contributed by atoms with Gasteiger partial charge in [-0.05, 0) is 43.1 Å². The molecule has 1 heterocycles. The Hall–Kier alpha value is -3.14. The Morgan fingerprint density at radius 2 is 1.91 bits per heavy atom. The van der Waals surface area contributed by atoms with Gasteiger partial charge in [0, 0.05) is 11.6 Å². The zero-order valence-corrected chi connectivity index (χ0v) is 19.3. The van der Waals surface area contributed by atoms with Crippen molar-refractivity contribution in [2.24, 2.45) is 17.1 Å². The van der Waals surface area contributed by atoms with Crippen molar-refractivity contribution in [2.75, 3.05) is 5.73 Å². The Balaban J connectivity index is 1.81. The number of nitrogens with zero attached hydrogens (tertiary/aromatic N) is 2. The molecule has 0 bridgehead atoms. The highest BCUT2D eigenvalue weighted by Gasteiger charge is 2.47. The van der Waals surface area contributed by atoms with Crippen LogP contribution in [0.3, 0.4) is 0 Å². The molecule has 0 fully saturated rings. The number of halogens is 3. The second kappa shape index (κ2) is 9.61. The topological polar surface area (TPSA) is 124 Å². The van der Waals surface area contributed by atoms with E-state index in [1.165, 1.54) is 6.07 Å². The predicted octanol–water partition coefficient (Wildman–Crippen LogP) is 4.37. The summed E-state index contributed by atoms with van der Waals surface area (Å²) in [7, 11) is 0. The molecule has 7 nitrogen and oxygen atoms in total. The zero-order chi connectivity index (χ0) is 25.3. The summed E-state index contributed by atoms with van der Waals surface area (Å²) >= 11 is 0. The van der Waals surface area contributed by atoms with Gasteiger partial charge in [-0.25, -0.2) is 4.98 Å². The number of ether oxygens (including phenoxy) is 1. The molecule has 0 amide bonds. The van der Waals surface area contributed by atoms with Gasteiger partial charge < -0.3 is 21.3 Å². The average molecular weight is 479 g/mol. The Kier molecular flexibility index (Phi) is 7.21. The second-order valence-electron chi connectivity index (χ2n) is 9.22. The maximum Gasteiger partial charge on any atom is 0.425 e. The first kappa shape index (κ1) is 25.5. The van der Waals surface area contributed by atoms with Crippen molar-refractivity contribution in [3.05, 3.63) is 47.5 Å². The van der Waals surface area contributed by atoms with E-state index in [4.69, 9.17) is 21.3 Å². The smallest absolute Gasteiger partial charge is 0.425 e. The van der Waals surface area contributed by atoms with Crippen molar-refractivity contribution < 1.29 is 27.8 Å². The van der Waals surface area contributed by atoms with Crippen molar-refractivity contribution in [1.82, 2.24) is 9.97 Å². The van der Waals surface area contributed by atoms with Gasteiger partial charge in [-0.1, -0.05) is 49.8 Å². The summed E-state index contributed by atoms with van der Waals surface area (Å²) in [6.07, 6.45) is -4.16. The first-order valence-corrected chi connectivity index (χ1v) is 10.9. The lowest BCUT2D eigenvalue weighted by Gasteiger charge is -2.33. The van der Waals surface area contributed by atoms with Crippen molar-refractivity contribution in [3.63, 3.8) is 0 Å². The number of allylic oxidation sites excluding steroid dienone is 2. The standard InChI is InChI=1S/C24H29F3N4O3/c1-13-4-9-16(23(13,2)3)11-19(24(25,26)27)34-20-12-18(30-22(29)31-20)15-7-5-14(6-8-15)10-17(28)21(32)33/h4-8,12,16-17,19H,9-11,28H2,1-3H3,(H,32,33)(H2,29,30,31)/t16-,17+,19?/m1/s1. The first-order chi connectivity index (χ1) is 15.8. The molecule has 0 saturated carbocycles. The van der Waals surface area contributed by atoms with E-state index in [0.717, 1.165) is 5.57 Å². The van der Waals surface area contributed by atoms with Crippen LogP contribution in [0.15, 0.2) is 42.0 Å². The van der Waals surface area contributed by atoms with E-state index < -0.39 is 24.3 Å². The number of anilines is 1. The van der Waals surface area contributed by atoms with Gasteiger partial charge in [-0.15, -0.1) is 0 Å². The van der Waals surface area contributed by atoms with Crippen LogP contribution >= 0.6 is 0 Å². The summed E-state index contributed by atoms with van der Waals surface area (Å²) in [5.74, 6) is -1.81. The summed E-state index contributed by atoms with van der Waals surface area (Å²) < 4.78 is 47.0. The van der Waals surface area contributed by atoms with Crippen molar-refractivity contribution in [3.8, 4) is 17.1 Å². The van der Waals surface area contributed by atoms with Crippen LogP contribution < -0.4 is 16.2 Å². The quantitative estimate of drug-likeness (QED) is 0.481. The minimum Gasteiger partial charge on any atom is -0.480 e. The first-order valence-electron chi connectivity index (χ1n) is 10.9. The van der Waals surface area contributed by atoms with E-state index in [2.05, 4.69) is 9.97 Å². The predicted molar refractivity (Wildman–Crippen MR) is 122 cm³/mol. The number of hydrogen-bond acceptors (Lipinski definition) is 6. The summed E-state index contributed by atoms with van der Waals surface area (Å²) in [5, 5.41) is 8.94. The molecule has 1 unspecified atom stereocenters. The second-order valence-corrected chi connectivity index (χ2v) is 9.22. The molecule has 1 aromatic carbocycles. The molecule has 10 heteroatoms. The van der Waals surface area contributed by atoms with E-state index in [1.807, 2.05) is 26.8 Å². The summed E-state index contributed by atoms with van der Waals surface area (Å²) in [5.41, 5.74) is 13.6. The fourth-order valence-corrected chi connectivity index (χ4v) is 4.05. The lowest BCUT2D eigenvalue weighted by molar-refractivity contribution is -0.201. The van der Waals surface area contributed by atoms with Crippen LogP contribution in [0.4, 0.5) is 19.1 Å². The summed E-state index contributed by atoms with van der Waals surface area (Å²) in [6.45, 7) is 5.82. The number of carboxylic acid groups (broad SMARTS) is 1. The van der Waals surface area contributed by atoms with Crippen molar-refractivity contribution in [1.29, 1.82) is 0 Å². The Morgan fingerprint density at radius 3 is 2.44 bits per heavy atom. The third kappa shape index (κ3) is 5.85. The molecule has 1 aliphatic rings. The third-order valence-corrected chi connectivity index (χ3v) is 6.61. The van der Waals surface area contributed by atoms with Gasteiger partial charge in [-0.2, -0.15) is 18.2 Å². The molecule has 1 aliphatic carbocycles. The molecule has 34 heavy (non-hydrogen) atoms. The maximum atomic E-state index is 13.9. The van der Waals surface area contributed by atoms with Crippen LogP contribution in [0.2, 0.25) is 0 Å². The normalized spacial score (nSPS) is 19.4. The Labute approximate surface area is 196 Å². The molecular formula is C24H29F3N4O3. The maximum absolute atomic E-state index is 13.9. The van der Waals surface area contributed by atoms with Gasteiger partial charge in [0.25, 0.3) is 0 Å². The molecule has 0 radical (unpaired) electrons. The van der Waals surface area contributed by atoms with Gasteiger partial charge >= 0.3 is 12.1 Å². The number of alkyl halides is 3. The van der Waals surface area contributed by atoms with Crippen molar-refractivity contribution >= 4 is 11.9 Å². The largest absolute Gasteiger partial charge is 0.480 e. The summed E-state index contributed by atoms with van der Waals surface area (Å²) in [6, 6.07) is 6.94. The Morgan fingerprint density at radius 1 is 1.26 bits per heavy atom. The number of carbonyl (C=O) groups is 1. The highest BCUT2D eigenvalue weighted by Crippen LogP contribution is 2.47. The van der Waals surface area contributed by atoms with Crippen LogP contribution in [0, 0.1) is 11.3 Å². The molecule has 2 aromatic rings. The molecule has 0 aliphatic heterocycles. The van der Waals surface area contributed by atoms with E-state index in [1.54, 1.807) is 24.3 Å². The fraction of sp³-hybridized carbons (Fsp3) is 0.458. The minimum atomic E-state index is -4.59. The monoisotopic (exact) mass is 478 g/mol. The number of aromatic nitrogens is 2. The average Bonchev–Trinajstić information content (AvgIpc) is 2.99. The molecule has 0 spiro atoms. The molecule has 1 aromatic heterocycles. The van der Waals surface area contributed by atoms with Crippen LogP contribution in [0.1, 0.15) is 39.2 Å². The summed E-state index contributed by atoms with van der Waals surface area (Å²) in [4.78, 5) is 18.9. The van der Waals surface area contributed by atoms with E-state index in [-0.39, 0.29) is 41.7 Å². The molecule has 0 saturated heterocycles. The van der Waals surface area contributed by atoms with Gasteiger partial charge in [0.15, 0.2) is 6.10 Å². The van der Waals surface area contributed by atoms with Crippen LogP contribution in [0.5, 0.6) is 5.88 Å². The van der Waals surface area contributed by atoms with Gasteiger partial charge in [-0.3, -0.25) is 4.79 Å². The SMILES string of the molecule is CC1=CC[C@H](CC(Oc2cc(-c3ccc(C[C@H](N)C(=O)O)cc3)nc(N)n2)C(F)(F)F)C1(C)C. The van der Waals surface area contributed by atoms with Gasteiger partial charge in [0.2, 0.25) is 11.8 Å². The zero-order valence-electron chi connectivity index (χ0n) is 19.3. The molecule has 184 valence electrons. The number of benzene rings is 1. The lowest BCUT2D eigenvalue weighted by Crippen LogP contribution is -2.38. The Bertz CT molecular complexity index is 1070. The minimum absolute atomic E-state index is 0.134. The number of carboxylic acids is 1. The van der Waals surface area contributed by atoms with Gasteiger partial charge in [0.05, 0.1) is 5.69 Å². The van der Waals surface area contributed by atoms with Crippen LogP contribution in [0.25, 0.3) is 11.3 Å². The van der Waals surface area contributed by atoms with Crippen LogP contribution in [-0.2, 0) is 11.2 Å². The van der Waals surface area contributed by atoms with E-state index in [9.17, 15) is 18.0 Å². The van der Waals surface area contributed by atoms with Crippen LogP contribution in [-0.4, -0.2) is 39.4 Å². The highest BCUT2D eigenvalue weighted by molar-refractivity contribution is 5.73. The number of nitrogen functional groups attached to an aromatic ring is 1. The number of aliphatic carboxylic acids is 1. The molecular weight excluding hydrogens is 449 g/mol. The molecule has 3 atom stereocenters. The number of nitrogens with two attached hydrogens (primary N) is 2. The molecule has 5 N–H and O–H groups in total. The van der Waals surface area contributed by atoms with Crippen molar-refractivity contribution in [2.45, 2.75) is 58.4 Å². The lowest BCUT2D eigenvalue weighted by atomic mass is 9.75. The number of rotatable bonds is 8. The fourth-order valence-electron chi connectivity index (χ4n) is 4.05. The van der Waals surface area contributed by atoms with Gasteiger partial charge in [0.1, 0.15) is 6.04 Å². The third-order valence-electron chi connectivity index (χ3n) is 6.61. The van der Waals surface area contributed by atoms with E-state index >= 15 is 0 Å². The van der Waals surface area contributed by atoms with E-state index in [0.29, 0.717) is 17.5 Å². The molecule has 3 rings (SSSR count). The highest BCUT2D eigenvalue weighted by atomic mass is 19.4. The number of hydrogen-bond donors (Lipinski definition) is 3.